The third kappa shape index (κ3) is 3.74. The SMILES string of the molecule is CC1(C)C=Cc2c(O)c(C[C@H](O)C(C)(C)O)c3occ(-c4ccc(O)cc4)c(=O)c3c2O1. The van der Waals surface area contributed by atoms with Crippen LogP contribution in [-0.2, 0) is 6.42 Å². The molecule has 2 aromatic carbocycles. The topological polar surface area (TPSA) is 120 Å². The van der Waals surface area contributed by atoms with Crippen molar-refractivity contribution in [3.8, 4) is 28.4 Å². The van der Waals surface area contributed by atoms with Crippen molar-refractivity contribution in [3.05, 3.63) is 58.0 Å². The first-order valence-corrected chi connectivity index (χ1v) is 10.3. The zero-order chi connectivity index (χ0) is 23.4. The number of benzene rings is 2. The van der Waals surface area contributed by atoms with E-state index < -0.39 is 17.3 Å². The molecular weight excluding hydrogens is 412 g/mol. The van der Waals surface area contributed by atoms with E-state index in [1.54, 1.807) is 24.3 Å². The number of rotatable bonds is 4. The highest BCUT2D eigenvalue weighted by molar-refractivity contribution is 5.96. The van der Waals surface area contributed by atoms with Gasteiger partial charge < -0.3 is 29.6 Å². The summed E-state index contributed by atoms with van der Waals surface area (Å²) in [6, 6.07) is 6.14. The Hall–Kier alpha value is -3.29. The molecule has 1 aromatic heterocycles. The molecule has 2 heterocycles. The van der Waals surface area contributed by atoms with Crippen LogP contribution >= 0.6 is 0 Å². The average Bonchev–Trinajstić information content (AvgIpc) is 2.70. The molecule has 0 amide bonds. The first kappa shape index (κ1) is 21.9. The summed E-state index contributed by atoms with van der Waals surface area (Å²) >= 11 is 0. The highest BCUT2D eigenvalue weighted by Gasteiger charge is 2.33. The first-order chi connectivity index (χ1) is 14.9. The molecule has 0 bridgehead atoms. The van der Waals surface area contributed by atoms with Crippen molar-refractivity contribution in [1.82, 2.24) is 0 Å². The van der Waals surface area contributed by atoms with E-state index in [0.717, 1.165) is 0 Å². The molecule has 7 heteroatoms. The van der Waals surface area contributed by atoms with Crippen LogP contribution in [0.4, 0.5) is 0 Å². The van der Waals surface area contributed by atoms with Crippen LogP contribution < -0.4 is 10.2 Å². The van der Waals surface area contributed by atoms with Gasteiger partial charge in [0.25, 0.3) is 0 Å². The minimum Gasteiger partial charge on any atom is -0.508 e. The maximum absolute atomic E-state index is 13.6. The van der Waals surface area contributed by atoms with E-state index in [4.69, 9.17) is 9.15 Å². The van der Waals surface area contributed by atoms with E-state index >= 15 is 0 Å². The average molecular weight is 438 g/mol. The van der Waals surface area contributed by atoms with Crippen molar-refractivity contribution >= 4 is 17.0 Å². The number of ether oxygens (including phenoxy) is 1. The summed E-state index contributed by atoms with van der Waals surface area (Å²) in [6.07, 6.45) is 3.37. The van der Waals surface area contributed by atoms with E-state index in [-0.39, 0.29) is 51.2 Å². The lowest BCUT2D eigenvalue weighted by atomic mass is 9.90. The van der Waals surface area contributed by atoms with Crippen LogP contribution in [-0.4, -0.2) is 37.7 Å². The lowest BCUT2D eigenvalue weighted by molar-refractivity contribution is -0.0470. The van der Waals surface area contributed by atoms with Crippen LogP contribution in [0.5, 0.6) is 17.2 Å². The van der Waals surface area contributed by atoms with Crippen LogP contribution in [0, 0.1) is 0 Å². The van der Waals surface area contributed by atoms with Crippen LogP contribution in [0.2, 0.25) is 0 Å². The fraction of sp³-hybridized carbons (Fsp3) is 0.320. The number of aromatic hydroxyl groups is 2. The molecule has 0 saturated carbocycles. The Morgan fingerprint density at radius 2 is 1.78 bits per heavy atom. The monoisotopic (exact) mass is 438 g/mol. The normalized spacial score (nSPS) is 15.9. The molecule has 1 aliphatic heterocycles. The fourth-order valence-electron chi connectivity index (χ4n) is 3.72. The predicted molar refractivity (Wildman–Crippen MR) is 121 cm³/mol. The van der Waals surface area contributed by atoms with E-state index in [2.05, 4.69) is 0 Å². The van der Waals surface area contributed by atoms with Gasteiger partial charge in [0, 0.05) is 12.0 Å². The zero-order valence-electron chi connectivity index (χ0n) is 18.3. The van der Waals surface area contributed by atoms with Crippen LogP contribution in [0.1, 0.15) is 38.8 Å². The van der Waals surface area contributed by atoms with Crippen LogP contribution in [0.15, 0.2) is 45.8 Å². The molecule has 7 nitrogen and oxygen atoms in total. The summed E-state index contributed by atoms with van der Waals surface area (Å²) in [5.74, 6) is 0.0864. The van der Waals surface area contributed by atoms with E-state index in [1.807, 2.05) is 13.8 Å². The molecule has 0 unspecified atom stereocenters. The van der Waals surface area contributed by atoms with Gasteiger partial charge in [-0.1, -0.05) is 12.1 Å². The zero-order valence-corrected chi connectivity index (χ0v) is 18.3. The number of aliphatic hydroxyl groups excluding tert-OH is 1. The van der Waals surface area contributed by atoms with Crippen LogP contribution in [0.25, 0.3) is 28.2 Å². The van der Waals surface area contributed by atoms with E-state index in [9.17, 15) is 25.2 Å². The predicted octanol–water partition coefficient (Wildman–Crippen LogP) is 3.73. The second kappa shape index (κ2) is 7.39. The Morgan fingerprint density at radius 3 is 2.41 bits per heavy atom. The third-order valence-electron chi connectivity index (χ3n) is 5.69. The Bertz CT molecular complexity index is 1280. The van der Waals surface area contributed by atoms with E-state index in [1.165, 1.54) is 32.2 Å². The Morgan fingerprint density at radius 1 is 1.12 bits per heavy atom. The molecule has 0 radical (unpaired) electrons. The minimum absolute atomic E-state index is 0.0688. The smallest absolute Gasteiger partial charge is 0.204 e. The highest BCUT2D eigenvalue weighted by atomic mass is 16.5. The van der Waals surface area contributed by atoms with Gasteiger partial charge in [-0.3, -0.25) is 4.79 Å². The van der Waals surface area contributed by atoms with Gasteiger partial charge in [0.15, 0.2) is 0 Å². The molecule has 0 aliphatic carbocycles. The van der Waals surface area contributed by atoms with Gasteiger partial charge in [0.1, 0.15) is 40.1 Å². The van der Waals surface area contributed by atoms with Gasteiger partial charge in [-0.2, -0.15) is 0 Å². The first-order valence-electron chi connectivity index (χ1n) is 10.3. The largest absolute Gasteiger partial charge is 0.508 e. The van der Waals surface area contributed by atoms with Gasteiger partial charge in [0.05, 0.1) is 22.8 Å². The minimum atomic E-state index is -1.44. The lowest BCUT2D eigenvalue weighted by Gasteiger charge is -2.30. The molecule has 1 atom stereocenters. The summed E-state index contributed by atoms with van der Waals surface area (Å²) in [4.78, 5) is 13.6. The van der Waals surface area contributed by atoms with Crippen molar-refractivity contribution < 1.29 is 29.6 Å². The molecule has 168 valence electrons. The number of phenolic OH excluding ortho intramolecular Hbond substituents is 2. The highest BCUT2D eigenvalue weighted by Crippen LogP contribution is 2.45. The Labute approximate surface area is 184 Å². The molecule has 3 aromatic rings. The fourth-order valence-corrected chi connectivity index (χ4v) is 3.72. The van der Waals surface area contributed by atoms with Gasteiger partial charge in [0.2, 0.25) is 5.43 Å². The number of phenols is 2. The Kier molecular flexibility index (Phi) is 5.07. The Balaban J connectivity index is 2.04. The van der Waals surface area contributed by atoms with Crippen molar-refractivity contribution in [3.63, 3.8) is 0 Å². The van der Waals surface area contributed by atoms with Gasteiger partial charge in [-0.05, 0) is 57.5 Å². The molecule has 0 saturated heterocycles. The van der Waals surface area contributed by atoms with Crippen LogP contribution in [0.3, 0.4) is 0 Å². The lowest BCUT2D eigenvalue weighted by Crippen LogP contribution is -2.37. The second-order valence-electron chi connectivity index (χ2n) is 9.21. The maximum atomic E-state index is 13.6. The standard InChI is InChI=1S/C25H26O7/c1-24(2)10-9-15-20(28)16(11-18(27)25(3,4)30)22-19(23(15)32-24)21(29)17(12-31-22)13-5-7-14(26)8-6-13/h5-10,12,18,26-28,30H,11H2,1-4H3/t18-/m0/s1. The summed E-state index contributed by atoms with van der Waals surface area (Å²) in [7, 11) is 0. The number of aliphatic hydroxyl groups is 2. The molecule has 32 heavy (non-hydrogen) atoms. The van der Waals surface area contributed by atoms with Crippen molar-refractivity contribution in [2.45, 2.75) is 51.4 Å². The number of fused-ring (bicyclic) bond motifs is 3. The summed E-state index contributed by atoms with van der Waals surface area (Å²) < 4.78 is 11.9. The maximum Gasteiger partial charge on any atom is 0.204 e. The van der Waals surface area contributed by atoms with Gasteiger partial charge in [-0.25, -0.2) is 0 Å². The van der Waals surface area contributed by atoms with Gasteiger partial charge in [-0.15, -0.1) is 0 Å². The number of hydrogen-bond donors (Lipinski definition) is 4. The molecule has 4 rings (SSSR count). The number of hydrogen-bond acceptors (Lipinski definition) is 7. The molecule has 4 N–H and O–H groups in total. The molecule has 1 aliphatic rings. The van der Waals surface area contributed by atoms with Gasteiger partial charge >= 0.3 is 0 Å². The third-order valence-corrected chi connectivity index (χ3v) is 5.69. The molecular formula is C25H26O7. The molecule has 0 spiro atoms. The summed E-state index contributed by atoms with van der Waals surface area (Å²) in [6.45, 7) is 6.57. The van der Waals surface area contributed by atoms with Crippen molar-refractivity contribution in [1.29, 1.82) is 0 Å². The molecule has 0 fully saturated rings. The quantitative estimate of drug-likeness (QED) is 0.490. The van der Waals surface area contributed by atoms with Crippen molar-refractivity contribution in [2.75, 3.05) is 0 Å². The summed E-state index contributed by atoms with van der Waals surface area (Å²) in [5.41, 5.74) is -1.13. The second-order valence-corrected chi connectivity index (χ2v) is 9.21. The van der Waals surface area contributed by atoms with E-state index in [0.29, 0.717) is 11.1 Å². The van der Waals surface area contributed by atoms with Crippen molar-refractivity contribution in [2.24, 2.45) is 0 Å². The summed E-state index contributed by atoms with van der Waals surface area (Å²) in [5, 5.41) is 41.4.